The molecule has 0 aromatic heterocycles. The van der Waals surface area contributed by atoms with Gasteiger partial charge in [-0.2, -0.15) is 0 Å². The zero-order chi connectivity index (χ0) is 16.2. The Hall–Kier alpha value is -1.26. The third-order valence-electron chi connectivity index (χ3n) is 3.99. The van der Waals surface area contributed by atoms with Gasteiger partial charge in [0, 0.05) is 17.0 Å². The topological polar surface area (TPSA) is 50.4 Å². The molecule has 1 fully saturated rings. The van der Waals surface area contributed by atoms with Crippen molar-refractivity contribution >= 4 is 17.7 Å². The zero-order valence-electron chi connectivity index (χ0n) is 13.5. The van der Waals surface area contributed by atoms with Gasteiger partial charge in [0.15, 0.2) is 0 Å². The van der Waals surface area contributed by atoms with E-state index in [0.29, 0.717) is 6.54 Å². The van der Waals surface area contributed by atoms with E-state index in [1.165, 1.54) is 5.56 Å². The second-order valence-electron chi connectivity index (χ2n) is 6.89. The Balaban J connectivity index is 2.09. The van der Waals surface area contributed by atoms with Crippen molar-refractivity contribution in [3.05, 3.63) is 34.9 Å². The second-order valence-corrected chi connectivity index (χ2v) is 7.33. The maximum atomic E-state index is 12.0. The third kappa shape index (κ3) is 4.62. The molecule has 1 saturated heterocycles. The van der Waals surface area contributed by atoms with Crippen LogP contribution < -0.4 is 10.6 Å². The van der Waals surface area contributed by atoms with Gasteiger partial charge in [-0.05, 0) is 64.4 Å². The minimum atomic E-state index is -0.481. The molecule has 2 rings (SSSR count). The average molecular weight is 325 g/mol. The molecule has 0 radical (unpaired) electrons. The lowest BCUT2D eigenvalue weighted by molar-refractivity contribution is 0.0509. The number of nitrogens with one attached hydrogen (secondary N) is 2. The quantitative estimate of drug-likeness (QED) is 0.895. The number of rotatable bonds is 3. The molecule has 1 amide bonds. The number of ether oxygens (including phenoxy) is 1. The highest BCUT2D eigenvalue weighted by Gasteiger charge is 2.34. The van der Waals surface area contributed by atoms with Crippen molar-refractivity contribution in [1.82, 2.24) is 10.6 Å². The molecular weight excluding hydrogens is 300 g/mol. The van der Waals surface area contributed by atoms with Crippen LogP contribution in [-0.2, 0) is 10.2 Å². The largest absolute Gasteiger partial charge is 0.444 e. The van der Waals surface area contributed by atoms with Crippen LogP contribution in [0.15, 0.2) is 24.3 Å². The summed E-state index contributed by atoms with van der Waals surface area (Å²) in [6, 6.07) is 7.94. The van der Waals surface area contributed by atoms with E-state index in [1.807, 2.05) is 32.9 Å². The molecule has 22 heavy (non-hydrogen) atoms. The standard InChI is InChI=1S/C17H25ClN2O2/c1-16(2,3)22-15(21)20-12-17(8-10-19-11-9-17)13-4-6-14(18)7-5-13/h4-7,19H,8-12H2,1-3H3,(H,20,21). The third-order valence-corrected chi connectivity index (χ3v) is 4.24. The number of carbonyl (C=O) groups excluding carboxylic acids is 1. The van der Waals surface area contributed by atoms with Gasteiger partial charge in [-0.3, -0.25) is 0 Å². The Morgan fingerprint density at radius 2 is 1.86 bits per heavy atom. The van der Waals surface area contributed by atoms with Crippen molar-refractivity contribution in [3.63, 3.8) is 0 Å². The van der Waals surface area contributed by atoms with Gasteiger partial charge < -0.3 is 15.4 Å². The molecule has 0 aliphatic carbocycles. The number of piperidine rings is 1. The molecule has 2 N–H and O–H groups in total. The van der Waals surface area contributed by atoms with Crippen LogP contribution >= 0.6 is 11.6 Å². The van der Waals surface area contributed by atoms with Crippen molar-refractivity contribution in [2.75, 3.05) is 19.6 Å². The van der Waals surface area contributed by atoms with Crippen LogP contribution in [0.3, 0.4) is 0 Å². The van der Waals surface area contributed by atoms with E-state index in [-0.39, 0.29) is 11.5 Å². The van der Waals surface area contributed by atoms with E-state index in [1.54, 1.807) is 0 Å². The fourth-order valence-electron chi connectivity index (χ4n) is 2.83. The van der Waals surface area contributed by atoms with E-state index in [0.717, 1.165) is 31.0 Å². The van der Waals surface area contributed by atoms with Gasteiger partial charge >= 0.3 is 6.09 Å². The van der Waals surface area contributed by atoms with Crippen LogP contribution in [0.1, 0.15) is 39.2 Å². The summed E-state index contributed by atoms with van der Waals surface area (Å²) in [7, 11) is 0. The lowest BCUT2D eigenvalue weighted by atomic mass is 9.73. The van der Waals surface area contributed by atoms with Crippen molar-refractivity contribution in [2.45, 2.75) is 44.6 Å². The highest BCUT2D eigenvalue weighted by Crippen LogP contribution is 2.33. The Morgan fingerprint density at radius 3 is 2.41 bits per heavy atom. The molecule has 5 heteroatoms. The number of amides is 1. The molecule has 1 aliphatic rings. The van der Waals surface area contributed by atoms with Crippen molar-refractivity contribution in [1.29, 1.82) is 0 Å². The van der Waals surface area contributed by atoms with Crippen LogP contribution in [0.5, 0.6) is 0 Å². The molecule has 1 aromatic carbocycles. The first-order chi connectivity index (χ1) is 10.3. The number of alkyl carbamates (subject to hydrolysis) is 1. The Morgan fingerprint density at radius 1 is 1.27 bits per heavy atom. The fraction of sp³-hybridized carbons (Fsp3) is 0.588. The highest BCUT2D eigenvalue weighted by molar-refractivity contribution is 6.30. The number of hydrogen-bond donors (Lipinski definition) is 2. The molecule has 0 atom stereocenters. The lowest BCUT2D eigenvalue weighted by Crippen LogP contribution is -2.48. The van der Waals surface area contributed by atoms with Crippen LogP contribution in [0.25, 0.3) is 0 Å². The highest BCUT2D eigenvalue weighted by atomic mass is 35.5. The number of benzene rings is 1. The predicted octanol–water partition coefficient (Wildman–Crippen LogP) is 3.49. The monoisotopic (exact) mass is 324 g/mol. The summed E-state index contributed by atoms with van der Waals surface area (Å²) in [4.78, 5) is 12.0. The minimum absolute atomic E-state index is 0.0628. The van der Waals surface area contributed by atoms with Crippen LogP contribution in [0.4, 0.5) is 4.79 Å². The fourth-order valence-corrected chi connectivity index (χ4v) is 2.96. The van der Waals surface area contributed by atoms with Gasteiger partial charge in [-0.15, -0.1) is 0 Å². The number of carbonyl (C=O) groups is 1. The first-order valence-electron chi connectivity index (χ1n) is 7.74. The van der Waals surface area contributed by atoms with Crippen molar-refractivity contribution < 1.29 is 9.53 Å². The molecule has 1 heterocycles. The normalized spacial score (nSPS) is 17.8. The number of hydrogen-bond acceptors (Lipinski definition) is 3. The Kier molecular flexibility index (Phi) is 5.35. The van der Waals surface area contributed by atoms with Crippen LogP contribution in [0.2, 0.25) is 5.02 Å². The maximum Gasteiger partial charge on any atom is 0.407 e. The van der Waals surface area contributed by atoms with E-state index < -0.39 is 5.60 Å². The van der Waals surface area contributed by atoms with Crippen LogP contribution in [0, 0.1) is 0 Å². The molecule has 0 saturated carbocycles. The van der Waals surface area contributed by atoms with Crippen molar-refractivity contribution in [2.24, 2.45) is 0 Å². The molecular formula is C17H25ClN2O2. The van der Waals surface area contributed by atoms with Gasteiger partial charge in [-0.1, -0.05) is 23.7 Å². The van der Waals surface area contributed by atoms with E-state index >= 15 is 0 Å². The lowest BCUT2D eigenvalue weighted by Gasteiger charge is -2.38. The molecule has 0 bridgehead atoms. The summed E-state index contributed by atoms with van der Waals surface area (Å²) in [5, 5.41) is 7.05. The zero-order valence-corrected chi connectivity index (χ0v) is 14.3. The molecule has 4 nitrogen and oxygen atoms in total. The van der Waals surface area contributed by atoms with Gasteiger partial charge in [-0.25, -0.2) is 4.79 Å². The van der Waals surface area contributed by atoms with Gasteiger partial charge in [0.05, 0.1) is 0 Å². The maximum absolute atomic E-state index is 12.0. The van der Waals surface area contributed by atoms with E-state index in [9.17, 15) is 4.79 Å². The predicted molar refractivity (Wildman–Crippen MR) is 89.5 cm³/mol. The summed E-state index contributed by atoms with van der Waals surface area (Å²) < 4.78 is 5.34. The van der Waals surface area contributed by atoms with E-state index in [2.05, 4.69) is 22.8 Å². The van der Waals surface area contributed by atoms with Gasteiger partial charge in [0.25, 0.3) is 0 Å². The van der Waals surface area contributed by atoms with Crippen LogP contribution in [-0.4, -0.2) is 31.3 Å². The Labute approximate surface area is 137 Å². The summed E-state index contributed by atoms with van der Waals surface area (Å²) in [6.07, 6.45) is 1.59. The smallest absolute Gasteiger partial charge is 0.407 e. The summed E-state index contributed by atoms with van der Waals surface area (Å²) in [5.74, 6) is 0. The first kappa shape index (κ1) is 17.1. The summed E-state index contributed by atoms with van der Waals surface area (Å²) >= 11 is 5.99. The number of halogens is 1. The van der Waals surface area contributed by atoms with Gasteiger partial charge in [0.2, 0.25) is 0 Å². The second kappa shape index (κ2) is 6.88. The summed E-state index contributed by atoms with van der Waals surface area (Å²) in [6.45, 7) is 8.06. The summed E-state index contributed by atoms with van der Waals surface area (Å²) in [5.41, 5.74) is 0.674. The average Bonchev–Trinajstić information content (AvgIpc) is 2.45. The first-order valence-corrected chi connectivity index (χ1v) is 8.12. The SMILES string of the molecule is CC(C)(C)OC(=O)NCC1(c2ccc(Cl)cc2)CCNCC1. The van der Waals surface area contributed by atoms with Gasteiger partial charge in [0.1, 0.15) is 5.60 Å². The minimum Gasteiger partial charge on any atom is -0.444 e. The molecule has 1 aromatic rings. The molecule has 0 spiro atoms. The van der Waals surface area contributed by atoms with E-state index in [4.69, 9.17) is 16.3 Å². The molecule has 0 unspecified atom stereocenters. The molecule has 1 aliphatic heterocycles. The van der Waals surface area contributed by atoms with Crippen molar-refractivity contribution in [3.8, 4) is 0 Å². The Bertz CT molecular complexity index is 502. The molecule has 122 valence electrons.